The summed E-state index contributed by atoms with van der Waals surface area (Å²) in [6, 6.07) is 15.8. The van der Waals surface area contributed by atoms with Crippen molar-refractivity contribution < 1.29 is 9.84 Å². The lowest BCUT2D eigenvalue weighted by Crippen LogP contribution is -2.26. The summed E-state index contributed by atoms with van der Waals surface area (Å²) in [6.07, 6.45) is 6.81. The summed E-state index contributed by atoms with van der Waals surface area (Å²) in [4.78, 5) is 13.5. The van der Waals surface area contributed by atoms with Crippen molar-refractivity contribution in [2.45, 2.75) is 37.9 Å². The third-order valence-corrected chi connectivity index (χ3v) is 5.37. The van der Waals surface area contributed by atoms with Gasteiger partial charge in [-0.2, -0.15) is 0 Å². The van der Waals surface area contributed by atoms with Crippen LogP contribution in [-0.2, 0) is 0 Å². The number of nitrogens with zero attached hydrogens (tertiary/aromatic N) is 3. The van der Waals surface area contributed by atoms with Crippen molar-refractivity contribution in [1.29, 1.82) is 0 Å². The van der Waals surface area contributed by atoms with E-state index < -0.39 is 0 Å². The van der Waals surface area contributed by atoms with Crippen LogP contribution in [0, 0.1) is 0 Å². The third-order valence-electron chi connectivity index (χ3n) is 5.37. The first-order valence-corrected chi connectivity index (χ1v) is 9.97. The lowest BCUT2D eigenvalue weighted by atomic mass is 9.95. The number of para-hydroxylation sites is 1. The molecule has 2 N–H and O–H groups in total. The van der Waals surface area contributed by atoms with Crippen LogP contribution in [0.4, 0.5) is 11.6 Å². The van der Waals surface area contributed by atoms with Crippen LogP contribution in [0.2, 0.25) is 0 Å². The van der Waals surface area contributed by atoms with Gasteiger partial charge in [0.05, 0.1) is 17.7 Å². The first kappa shape index (κ1) is 17.8. The van der Waals surface area contributed by atoms with Crippen LogP contribution in [0.15, 0.2) is 60.9 Å². The van der Waals surface area contributed by atoms with E-state index in [4.69, 9.17) is 9.72 Å². The first-order valence-electron chi connectivity index (χ1n) is 9.97. The molecule has 4 aromatic rings. The number of fused-ring (bicyclic) bond motifs is 2. The highest BCUT2D eigenvalue weighted by Gasteiger charge is 2.21. The molecule has 5 rings (SSSR count). The summed E-state index contributed by atoms with van der Waals surface area (Å²) < 4.78 is 6.24. The van der Waals surface area contributed by atoms with Crippen LogP contribution < -0.4 is 10.1 Å². The van der Waals surface area contributed by atoms with Gasteiger partial charge >= 0.3 is 0 Å². The van der Waals surface area contributed by atoms with E-state index >= 15 is 0 Å². The average molecular weight is 386 g/mol. The molecule has 0 atom stereocenters. The molecule has 29 heavy (non-hydrogen) atoms. The van der Waals surface area contributed by atoms with Crippen molar-refractivity contribution in [3.8, 4) is 5.75 Å². The number of hydrogen-bond donors (Lipinski definition) is 2. The standard InChI is InChI=1S/C23H22N4O2/c28-18-7-9-19(10-8-18)29-21-5-1-3-16-14-25-23(27-22(16)21)26-17-6-11-20-15(13-17)4-2-12-24-20/h1-6,11-14,18-19,28H,7-10H2,(H,25,26,27). The van der Waals surface area contributed by atoms with E-state index in [1.165, 1.54) is 0 Å². The average Bonchev–Trinajstić information content (AvgIpc) is 2.76. The zero-order valence-corrected chi connectivity index (χ0v) is 16.0. The fraction of sp³-hybridized carbons (Fsp3) is 0.261. The van der Waals surface area contributed by atoms with Gasteiger partial charge in [0.15, 0.2) is 0 Å². The summed E-state index contributed by atoms with van der Waals surface area (Å²) in [7, 11) is 0. The number of pyridine rings is 1. The molecule has 2 aromatic carbocycles. The fourth-order valence-corrected chi connectivity index (χ4v) is 3.81. The molecule has 6 nitrogen and oxygen atoms in total. The molecule has 0 bridgehead atoms. The maximum atomic E-state index is 9.72. The number of aliphatic hydroxyl groups excluding tert-OH is 1. The van der Waals surface area contributed by atoms with Gasteiger partial charge in [-0.1, -0.05) is 18.2 Å². The largest absolute Gasteiger partial charge is 0.488 e. The molecule has 146 valence electrons. The Balaban J connectivity index is 1.42. The summed E-state index contributed by atoms with van der Waals surface area (Å²) in [5, 5.41) is 15.0. The highest BCUT2D eigenvalue weighted by atomic mass is 16.5. The van der Waals surface area contributed by atoms with E-state index in [1.54, 1.807) is 6.20 Å². The molecular formula is C23H22N4O2. The highest BCUT2D eigenvalue weighted by Crippen LogP contribution is 2.29. The predicted molar refractivity (Wildman–Crippen MR) is 113 cm³/mol. The Morgan fingerprint density at radius 3 is 2.69 bits per heavy atom. The Morgan fingerprint density at radius 1 is 0.931 bits per heavy atom. The van der Waals surface area contributed by atoms with E-state index in [0.717, 1.165) is 58.9 Å². The van der Waals surface area contributed by atoms with Crippen LogP contribution in [-0.4, -0.2) is 32.3 Å². The summed E-state index contributed by atoms with van der Waals surface area (Å²) in [6.45, 7) is 0. The van der Waals surface area contributed by atoms with Gasteiger partial charge in [0.2, 0.25) is 5.95 Å². The molecule has 0 saturated heterocycles. The molecule has 1 aliphatic rings. The van der Waals surface area contributed by atoms with Gasteiger partial charge in [0.25, 0.3) is 0 Å². The van der Waals surface area contributed by atoms with E-state index in [2.05, 4.69) is 15.3 Å². The number of hydrogen-bond acceptors (Lipinski definition) is 6. The molecule has 0 spiro atoms. The van der Waals surface area contributed by atoms with Gasteiger partial charge < -0.3 is 15.2 Å². The highest BCUT2D eigenvalue weighted by molar-refractivity contribution is 5.86. The normalized spacial score (nSPS) is 19.3. The van der Waals surface area contributed by atoms with E-state index in [9.17, 15) is 5.11 Å². The number of nitrogens with one attached hydrogen (secondary N) is 1. The van der Waals surface area contributed by atoms with Crippen molar-refractivity contribution >= 4 is 33.4 Å². The minimum absolute atomic E-state index is 0.114. The van der Waals surface area contributed by atoms with Crippen LogP contribution in [0.1, 0.15) is 25.7 Å². The van der Waals surface area contributed by atoms with Gasteiger partial charge in [0, 0.05) is 28.9 Å². The molecule has 1 saturated carbocycles. The van der Waals surface area contributed by atoms with Crippen molar-refractivity contribution in [3.63, 3.8) is 0 Å². The number of benzene rings is 2. The third kappa shape index (κ3) is 3.84. The quantitative estimate of drug-likeness (QED) is 0.533. The zero-order chi connectivity index (χ0) is 19.6. The Morgan fingerprint density at radius 2 is 1.79 bits per heavy atom. The number of aliphatic hydroxyl groups is 1. The summed E-state index contributed by atoms with van der Waals surface area (Å²) in [5.41, 5.74) is 2.65. The first-order chi connectivity index (χ1) is 14.2. The summed E-state index contributed by atoms with van der Waals surface area (Å²) >= 11 is 0. The fourth-order valence-electron chi connectivity index (χ4n) is 3.81. The van der Waals surface area contributed by atoms with Crippen LogP contribution >= 0.6 is 0 Å². The molecule has 0 radical (unpaired) electrons. The molecule has 1 aliphatic carbocycles. The number of anilines is 2. The van der Waals surface area contributed by atoms with Gasteiger partial charge in [-0.3, -0.25) is 4.98 Å². The number of aromatic nitrogens is 3. The van der Waals surface area contributed by atoms with Crippen LogP contribution in [0.5, 0.6) is 5.75 Å². The molecule has 0 aliphatic heterocycles. The minimum Gasteiger partial charge on any atom is -0.488 e. The SMILES string of the molecule is OC1CCC(Oc2cccc3cnc(Nc4ccc5ncccc5c4)nc23)CC1. The maximum Gasteiger partial charge on any atom is 0.227 e. The van der Waals surface area contributed by atoms with E-state index in [-0.39, 0.29) is 12.2 Å². The second kappa shape index (κ2) is 7.64. The van der Waals surface area contributed by atoms with E-state index in [0.29, 0.717) is 5.95 Å². The molecule has 0 amide bonds. The predicted octanol–water partition coefficient (Wildman–Crippen LogP) is 4.60. The van der Waals surface area contributed by atoms with Crippen molar-refractivity contribution in [2.75, 3.05) is 5.32 Å². The van der Waals surface area contributed by atoms with Crippen molar-refractivity contribution in [1.82, 2.24) is 15.0 Å². The topological polar surface area (TPSA) is 80.2 Å². The van der Waals surface area contributed by atoms with Crippen molar-refractivity contribution in [2.24, 2.45) is 0 Å². The lowest BCUT2D eigenvalue weighted by Gasteiger charge is -2.26. The van der Waals surface area contributed by atoms with Gasteiger partial charge in [-0.05, 0) is 56.0 Å². The second-order valence-corrected chi connectivity index (χ2v) is 7.47. The Labute approximate surface area is 168 Å². The van der Waals surface area contributed by atoms with Crippen molar-refractivity contribution in [3.05, 3.63) is 60.9 Å². The van der Waals surface area contributed by atoms with E-state index in [1.807, 2.05) is 54.7 Å². The molecule has 6 heteroatoms. The van der Waals surface area contributed by atoms with Crippen LogP contribution in [0.25, 0.3) is 21.8 Å². The Kier molecular flexibility index (Phi) is 4.69. The monoisotopic (exact) mass is 386 g/mol. The zero-order valence-electron chi connectivity index (χ0n) is 16.0. The molecule has 2 heterocycles. The van der Waals surface area contributed by atoms with Gasteiger partial charge in [-0.25, -0.2) is 9.97 Å². The summed E-state index contributed by atoms with van der Waals surface area (Å²) in [5.74, 6) is 1.29. The Hall–Kier alpha value is -3.25. The molecule has 1 fully saturated rings. The van der Waals surface area contributed by atoms with Gasteiger partial charge in [-0.15, -0.1) is 0 Å². The second-order valence-electron chi connectivity index (χ2n) is 7.47. The molecular weight excluding hydrogens is 364 g/mol. The number of rotatable bonds is 4. The molecule has 0 unspecified atom stereocenters. The Bertz CT molecular complexity index is 1160. The number of ether oxygens (including phenoxy) is 1. The molecule has 2 aromatic heterocycles. The van der Waals surface area contributed by atoms with Crippen LogP contribution in [0.3, 0.4) is 0 Å². The van der Waals surface area contributed by atoms with Gasteiger partial charge in [0.1, 0.15) is 11.3 Å². The minimum atomic E-state index is -0.197. The maximum absolute atomic E-state index is 9.72. The lowest BCUT2D eigenvalue weighted by molar-refractivity contribution is 0.0672. The smallest absolute Gasteiger partial charge is 0.227 e.